The molecule has 0 heterocycles. The summed E-state index contributed by atoms with van der Waals surface area (Å²) in [4.78, 5) is 24.2. The average Bonchev–Trinajstić information content (AvgIpc) is 2.43. The van der Waals surface area contributed by atoms with Gasteiger partial charge in [0.2, 0.25) is 5.78 Å². The van der Waals surface area contributed by atoms with E-state index in [0.717, 1.165) is 22.8 Å². The van der Waals surface area contributed by atoms with Crippen LogP contribution in [0.15, 0.2) is 30.3 Å². The lowest BCUT2D eigenvalue weighted by molar-refractivity contribution is 0.0470. The van der Waals surface area contributed by atoms with E-state index >= 15 is 0 Å². The van der Waals surface area contributed by atoms with Crippen molar-refractivity contribution in [3.8, 4) is 0 Å². The van der Waals surface area contributed by atoms with Crippen LogP contribution < -0.4 is 0 Å². The number of hydrogen-bond donors (Lipinski definition) is 0. The molecule has 0 radical (unpaired) electrons. The fourth-order valence-electron chi connectivity index (χ4n) is 2.59. The summed E-state index contributed by atoms with van der Waals surface area (Å²) < 4.78 is 18.6. The summed E-state index contributed by atoms with van der Waals surface area (Å²) in [6.07, 6.45) is 0. The van der Waals surface area contributed by atoms with Gasteiger partial charge in [-0.25, -0.2) is 9.18 Å². The standard InChI is InChI=1S/C18H16ClFO3/c1-10-7-11(2)16(12(3)8-10)15(21)9-23-18(22)17-13(19)5-4-6-14(17)20/h4-8H,9H2,1-3H3. The summed E-state index contributed by atoms with van der Waals surface area (Å²) in [5.41, 5.74) is 2.83. The molecule has 0 aliphatic rings. The van der Waals surface area contributed by atoms with Gasteiger partial charge in [0.25, 0.3) is 0 Å². The molecule has 2 aromatic rings. The number of halogens is 2. The molecule has 2 aromatic carbocycles. The third-order valence-corrected chi connectivity index (χ3v) is 3.77. The Morgan fingerprint density at radius 2 is 1.70 bits per heavy atom. The normalized spacial score (nSPS) is 10.5. The van der Waals surface area contributed by atoms with Gasteiger partial charge in [-0.3, -0.25) is 4.79 Å². The van der Waals surface area contributed by atoms with Gasteiger partial charge in [-0.05, 0) is 44.0 Å². The number of aryl methyl sites for hydroxylation is 3. The quantitative estimate of drug-likeness (QED) is 0.613. The van der Waals surface area contributed by atoms with Crippen molar-refractivity contribution in [2.45, 2.75) is 20.8 Å². The predicted octanol–water partition coefficient (Wildman–Crippen LogP) is 4.44. The van der Waals surface area contributed by atoms with Crippen LogP contribution >= 0.6 is 11.6 Å². The van der Waals surface area contributed by atoms with Gasteiger partial charge in [-0.1, -0.05) is 35.4 Å². The van der Waals surface area contributed by atoms with E-state index in [1.165, 1.54) is 12.1 Å². The molecule has 0 fully saturated rings. The number of esters is 1. The maximum absolute atomic E-state index is 13.7. The third-order valence-electron chi connectivity index (χ3n) is 3.46. The zero-order chi connectivity index (χ0) is 17.1. The number of Topliss-reactive ketones (excluding diaryl/α,β-unsaturated/α-hetero) is 1. The van der Waals surface area contributed by atoms with Crippen LogP contribution in [-0.4, -0.2) is 18.4 Å². The maximum atomic E-state index is 13.7. The summed E-state index contributed by atoms with van der Waals surface area (Å²) in [5, 5.41) is -0.0508. The van der Waals surface area contributed by atoms with Crippen molar-refractivity contribution in [1.29, 1.82) is 0 Å². The minimum absolute atomic E-state index is 0.0508. The van der Waals surface area contributed by atoms with Crippen molar-refractivity contribution >= 4 is 23.4 Å². The van der Waals surface area contributed by atoms with Gasteiger partial charge < -0.3 is 4.74 Å². The van der Waals surface area contributed by atoms with E-state index in [1.807, 2.05) is 32.9 Å². The first-order valence-electron chi connectivity index (χ1n) is 7.03. The minimum Gasteiger partial charge on any atom is -0.454 e. The molecule has 3 nitrogen and oxygen atoms in total. The first kappa shape index (κ1) is 17.2. The van der Waals surface area contributed by atoms with E-state index in [9.17, 15) is 14.0 Å². The number of ketones is 1. The van der Waals surface area contributed by atoms with Gasteiger partial charge in [0, 0.05) is 5.56 Å². The van der Waals surface area contributed by atoms with Crippen molar-refractivity contribution in [3.63, 3.8) is 0 Å². The van der Waals surface area contributed by atoms with Crippen molar-refractivity contribution in [2.75, 3.05) is 6.61 Å². The molecular weight excluding hydrogens is 319 g/mol. The fraction of sp³-hybridized carbons (Fsp3) is 0.222. The lowest BCUT2D eigenvalue weighted by atomic mass is 9.97. The summed E-state index contributed by atoms with van der Waals surface area (Å²) in [7, 11) is 0. The van der Waals surface area contributed by atoms with Gasteiger partial charge in [0.1, 0.15) is 11.4 Å². The Kier molecular flexibility index (Phi) is 5.16. The molecule has 0 aliphatic heterocycles. The second kappa shape index (κ2) is 6.92. The topological polar surface area (TPSA) is 43.4 Å². The minimum atomic E-state index is -0.955. The number of carbonyl (C=O) groups is 2. The van der Waals surface area contributed by atoms with Gasteiger partial charge in [-0.2, -0.15) is 0 Å². The van der Waals surface area contributed by atoms with Gasteiger partial charge >= 0.3 is 5.97 Å². The van der Waals surface area contributed by atoms with Crippen LogP contribution in [0.1, 0.15) is 37.4 Å². The van der Waals surface area contributed by atoms with Gasteiger partial charge in [0.05, 0.1) is 5.02 Å². The highest BCUT2D eigenvalue weighted by Gasteiger charge is 2.20. The number of rotatable bonds is 4. The Balaban J connectivity index is 2.15. The summed E-state index contributed by atoms with van der Waals surface area (Å²) in [6, 6.07) is 7.65. The zero-order valence-corrected chi connectivity index (χ0v) is 13.8. The van der Waals surface area contributed by atoms with Crippen molar-refractivity contribution in [3.05, 3.63) is 69.0 Å². The molecule has 0 atom stereocenters. The highest BCUT2D eigenvalue weighted by molar-refractivity contribution is 6.33. The largest absolute Gasteiger partial charge is 0.454 e. The summed E-state index contributed by atoms with van der Waals surface area (Å²) >= 11 is 5.80. The van der Waals surface area contributed by atoms with Gasteiger partial charge in [-0.15, -0.1) is 0 Å². The van der Waals surface area contributed by atoms with E-state index < -0.39 is 18.4 Å². The van der Waals surface area contributed by atoms with Crippen LogP contribution in [0.3, 0.4) is 0 Å². The first-order valence-corrected chi connectivity index (χ1v) is 7.41. The van der Waals surface area contributed by atoms with Crippen LogP contribution in [0.2, 0.25) is 5.02 Å². The molecule has 0 aromatic heterocycles. The molecule has 5 heteroatoms. The van der Waals surface area contributed by atoms with Crippen LogP contribution in [0.5, 0.6) is 0 Å². The van der Waals surface area contributed by atoms with Crippen LogP contribution in [0.4, 0.5) is 4.39 Å². The Morgan fingerprint density at radius 3 is 2.26 bits per heavy atom. The molecule has 0 unspecified atom stereocenters. The van der Waals surface area contributed by atoms with E-state index in [1.54, 1.807) is 0 Å². The van der Waals surface area contributed by atoms with Crippen LogP contribution in [-0.2, 0) is 4.74 Å². The second-order valence-corrected chi connectivity index (χ2v) is 5.78. The predicted molar refractivity (Wildman–Crippen MR) is 86.7 cm³/mol. The Labute approximate surface area is 139 Å². The van der Waals surface area contributed by atoms with E-state index in [-0.39, 0.29) is 16.4 Å². The SMILES string of the molecule is Cc1cc(C)c(C(=O)COC(=O)c2c(F)cccc2Cl)c(C)c1. The van der Waals surface area contributed by atoms with Crippen molar-refractivity contribution in [1.82, 2.24) is 0 Å². The molecule has 0 aliphatic carbocycles. The Morgan fingerprint density at radius 1 is 1.09 bits per heavy atom. The van der Waals surface area contributed by atoms with Crippen LogP contribution in [0, 0.1) is 26.6 Å². The molecule has 0 amide bonds. The van der Waals surface area contributed by atoms with Gasteiger partial charge in [0.15, 0.2) is 6.61 Å². The molecule has 2 rings (SSSR count). The van der Waals surface area contributed by atoms with E-state index in [0.29, 0.717) is 5.56 Å². The van der Waals surface area contributed by atoms with E-state index in [4.69, 9.17) is 16.3 Å². The molecule has 0 saturated heterocycles. The highest BCUT2D eigenvalue weighted by atomic mass is 35.5. The molecule has 0 spiro atoms. The Hall–Kier alpha value is -2.20. The second-order valence-electron chi connectivity index (χ2n) is 5.37. The lowest BCUT2D eigenvalue weighted by Crippen LogP contribution is -2.17. The average molecular weight is 335 g/mol. The third kappa shape index (κ3) is 3.77. The molecule has 120 valence electrons. The lowest BCUT2D eigenvalue weighted by Gasteiger charge is -2.11. The summed E-state index contributed by atoms with van der Waals surface area (Å²) in [5.74, 6) is -2.07. The molecule has 23 heavy (non-hydrogen) atoms. The molecule has 0 saturated carbocycles. The molecule has 0 N–H and O–H groups in total. The maximum Gasteiger partial charge on any atom is 0.343 e. The fourth-order valence-corrected chi connectivity index (χ4v) is 2.83. The van der Waals surface area contributed by atoms with E-state index in [2.05, 4.69) is 0 Å². The number of carbonyl (C=O) groups excluding carboxylic acids is 2. The van der Waals surface area contributed by atoms with Crippen molar-refractivity contribution < 1.29 is 18.7 Å². The smallest absolute Gasteiger partial charge is 0.343 e. The highest BCUT2D eigenvalue weighted by Crippen LogP contribution is 2.21. The van der Waals surface area contributed by atoms with Crippen molar-refractivity contribution in [2.24, 2.45) is 0 Å². The number of benzene rings is 2. The molecular formula is C18H16ClFO3. The molecule has 0 bridgehead atoms. The monoisotopic (exact) mass is 334 g/mol. The zero-order valence-electron chi connectivity index (χ0n) is 13.1. The Bertz CT molecular complexity index is 741. The first-order chi connectivity index (χ1) is 10.8. The summed E-state index contributed by atoms with van der Waals surface area (Å²) in [6.45, 7) is 5.12. The van der Waals surface area contributed by atoms with Crippen LogP contribution in [0.25, 0.3) is 0 Å². The number of hydrogen-bond acceptors (Lipinski definition) is 3. The number of ether oxygens (including phenoxy) is 1.